The van der Waals surface area contributed by atoms with Gasteiger partial charge < -0.3 is 52.5 Å². The van der Waals surface area contributed by atoms with Gasteiger partial charge in [0.05, 0.1) is 59.5 Å². The molecule has 10 atom stereocenters. The molecule has 0 unspecified atom stereocenters. The lowest BCUT2D eigenvalue weighted by atomic mass is 9.97. The first-order valence-corrected chi connectivity index (χ1v) is 24.8. The normalized spacial score (nSPS) is 24.2. The van der Waals surface area contributed by atoms with Crippen molar-refractivity contribution < 1.29 is 52.5 Å². The van der Waals surface area contributed by atoms with E-state index >= 15 is 0 Å². The molecule has 0 radical (unpaired) electrons. The van der Waals surface area contributed by atoms with E-state index in [0.717, 1.165) is 38.9 Å². The van der Waals surface area contributed by atoms with Crippen LogP contribution in [0.3, 0.4) is 0 Å². The van der Waals surface area contributed by atoms with Gasteiger partial charge in [0.25, 0.3) is 0 Å². The Bertz CT molecular complexity index is 2550. The first-order valence-electron chi connectivity index (χ1n) is 24.8. The molecule has 2 heterocycles. The maximum atomic E-state index is 12.0. The van der Waals surface area contributed by atoms with Gasteiger partial charge in [-0.05, 0) is 38.9 Å². The molecule has 2 saturated heterocycles. The third-order valence-electron chi connectivity index (χ3n) is 12.7. The fraction of sp³-hybridized carbons (Fsp3) is 0.311. The predicted molar refractivity (Wildman–Crippen MR) is 272 cm³/mol. The highest BCUT2D eigenvalue weighted by atomic mass is 16.7. The van der Waals surface area contributed by atoms with Gasteiger partial charge in [0.15, 0.2) is 12.6 Å². The minimum absolute atomic E-state index is 0.0957. The van der Waals surface area contributed by atoms with E-state index in [1.165, 1.54) is 0 Å². The fourth-order valence-corrected chi connectivity index (χ4v) is 8.97. The molecule has 0 saturated carbocycles. The third-order valence-corrected chi connectivity index (χ3v) is 12.7. The molecule has 9 rings (SSSR count). The van der Waals surface area contributed by atoms with E-state index in [0.29, 0.717) is 6.61 Å². The van der Waals surface area contributed by atoms with Gasteiger partial charge in [0, 0.05) is 0 Å². The van der Waals surface area contributed by atoms with Crippen LogP contribution in [-0.4, -0.2) is 79.7 Å². The summed E-state index contributed by atoms with van der Waals surface area (Å²) in [5.41, 5.74) is 6.80. The molecule has 2 fully saturated rings. The number of aliphatic hydroxyl groups excluding tert-OH is 1. The lowest BCUT2D eigenvalue weighted by molar-refractivity contribution is -0.349. The van der Waals surface area contributed by atoms with Crippen LogP contribution < -0.4 is 0 Å². The standard InChI is InChI=1S/C61H64O11/c62-60-58(68-41-50-32-18-6-19-33-50)56(66-39-48-28-14-4-15-29-48)55(65-38-47-26-12-3-13-27-47)53(71-60)44-70-61-59(69-42-51-34-20-7-21-35-51)57(67-40-49-30-16-5-17-31-49)54(64-37-46-24-10-2-11-25-46)52(72-61)43-63-36-45-22-8-1-9-23-45/h1-35,52-62H,36-44H2/t52-,53-,54-,55-,56+,57+,58+,59+,60+,61+/m1/s1. The quantitative estimate of drug-likeness (QED) is 0.0591. The molecule has 2 aliphatic heterocycles. The monoisotopic (exact) mass is 972 g/mol. The van der Waals surface area contributed by atoms with Crippen molar-refractivity contribution in [3.05, 3.63) is 251 Å². The molecular formula is C61H64O11. The second kappa shape index (κ2) is 27.2. The smallest absolute Gasteiger partial charge is 0.187 e. The summed E-state index contributed by atoms with van der Waals surface area (Å²) >= 11 is 0. The van der Waals surface area contributed by atoms with Crippen molar-refractivity contribution in [3.63, 3.8) is 0 Å². The summed E-state index contributed by atoms with van der Waals surface area (Å²) in [6, 6.07) is 69.7. The van der Waals surface area contributed by atoms with Crippen LogP contribution in [-0.2, 0) is 93.6 Å². The highest BCUT2D eigenvalue weighted by molar-refractivity contribution is 5.19. The Balaban J connectivity index is 1.04. The number of hydrogen-bond acceptors (Lipinski definition) is 11. The van der Waals surface area contributed by atoms with E-state index in [1.54, 1.807) is 0 Å². The molecule has 0 spiro atoms. The van der Waals surface area contributed by atoms with Crippen LogP contribution in [0.2, 0.25) is 0 Å². The Morgan fingerprint density at radius 3 is 0.917 bits per heavy atom. The van der Waals surface area contributed by atoms with Crippen LogP contribution in [0.25, 0.3) is 0 Å². The molecule has 7 aromatic carbocycles. The molecule has 11 heteroatoms. The van der Waals surface area contributed by atoms with Crippen molar-refractivity contribution in [1.82, 2.24) is 0 Å². The minimum Gasteiger partial charge on any atom is -0.374 e. The van der Waals surface area contributed by atoms with E-state index in [-0.39, 0.29) is 52.9 Å². The maximum Gasteiger partial charge on any atom is 0.187 e. The van der Waals surface area contributed by atoms with Crippen LogP contribution in [0.5, 0.6) is 0 Å². The average molecular weight is 973 g/mol. The predicted octanol–water partition coefficient (Wildman–Crippen LogP) is 10.2. The molecule has 1 N–H and O–H groups in total. The van der Waals surface area contributed by atoms with Gasteiger partial charge in [-0.3, -0.25) is 0 Å². The van der Waals surface area contributed by atoms with Gasteiger partial charge in [-0.15, -0.1) is 0 Å². The molecule has 0 amide bonds. The Morgan fingerprint density at radius 1 is 0.278 bits per heavy atom. The summed E-state index contributed by atoms with van der Waals surface area (Å²) in [6.07, 6.45) is -8.74. The summed E-state index contributed by atoms with van der Waals surface area (Å²) in [5.74, 6) is 0. The zero-order valence-corrected chi connectivity index (χ0v) is 40.4. The highest BCUT2D eigenvalue weighted by Gasteiger charge is 2.52. The van der Waals surface area contributed by atoms with E-state index in [1.807, 2.05) is 212 Å². The van der Waals surface area contributed by atoms with Crippen LogP contribution in [0, 0.1) is 0 Å². The van der Waals surface area contributed by atoms with Gasteiger partial charge in [-0.2, -0.15) is 0 Å². The summed E-state index contributed by atoms with van der Waals surface area (Å²) in [6.45, 7) is 1.89. The van der Waals surface area contributed by atoms with Crippen LogP contribution in [0.4, 0.5) is 0 Å². The van der Waals surface area contributed by atoms with Crippen LogP contribution in [0.15, 0.2) is 212 Å². The molecule has 0 aromatic heterocycles. The van der Waals surface area contributed by atoms with Gasteiger partial charge >= 0.3 is 0 Å². The van der Waals surface area contributed by atoms with E-state index in [2.05, 4.69) is 0 Å². The minimum atomic E-state index is -1.41. The maximum absolute atomic E-state index is 12.0. The molecular weight excluding hydrogens is 909 g/mol. The zero-order chi connectivity index (χ0) is 49.0. The Hall–Kier alpha value is -5.90. The van der Waals surface area contributed by atoms with Crippen molar-refractivity contribution in [2.45, 2.75) is 108 Å². The van der Waals surface area contributed by atoms with Gasteiger partial charge in [0.1, 0.15) is 48.8 Å². The lowest BCUT2D eigenvalue weighted by Crippen LogP contribution is -2.63. The lowest BCUT2D eigenvalue weighted by Gasteiger charge is -2.47. The van der Waals surface area contributed by atoms with E-state index in [9.17, 15) is 5.11 Å². The zero-order valence-electron chi connectivity index (χ0n) is 40.4. The summed E-state index contributed by atoms with van der Waals surface area (Å²) in [7, 11) is 0. The topological polar surface area (TPSA) is 113 Å². The first-order chi connectivity index (χ1) is 35.6. The largest absolute Gasteiger partial charge is 0.374 e. The number of ether oxygens (including phenoxy) is 10. The molecule has 374 valence electrons. The molecule has 0 aliphatic carbocycles. The highest BCUT2D eigenvalue weighted by Crippen LogP contribution is 2.34. The Morgan fingerprint density at radius 2 is 0.556 bits per heavy atom. The molecule has 0 bridgehead atoms. The number of hydrogen-bond donors (Lipinski definition) is 1. The van der Waals surface area contributed by atoms with Crippen molar-refractivity contribution in [2.75, 3.05) is 13.2 Å². The van der Waals surface area contributed by atoms with Gasteiger partial charge in [0.2, 0.25) is 0 Å². The second-order valence-electron chi connectivity index (χ2n) is 18.0. The van der Waals surface area contributed by atoms with E-state index < -0.39 is 61.4 Å². The second-order valence-corrected chi connectivity index (χ2v) is 18.0. The number of rotatable bonds is 25. The third kappa shape index (κ3) is 14.8. The van der Waals surface area contributed by atoms with Crippen molar-refractivity contribution in [2.24, 2.45) is 0 Å². The molecule has 7 aromatic rings. The summed E-state index contributed by atoms with van der Waals surface area (Å²) in [4.78, 5) is 0. The SMILES string of the molecule is O[C@H]1O[C@H](CO[C@H]2O[C@H](COCc3ccccc3)[C@@H](OCc3ccccc3)[C@H](OCc3ccccc3)[C@@H]2OCc2ccccc2)[C@@H](OCc2ccccc2)[C@H](OCc2ccccc2)[C@@H]1OCc1ccccc1. The van der Waals surface area contributed by atoms with Crippen LogP contribution in [0.1, 0.15) is 38.9 Å². The first kappa shape index (κ1) is 51.0. The summed E-state index contributed by atoms with van der Waals surface area (Å²) < 4.78 is 67.9. The van der Waals surface area contributed by atoms with E-state index in [4.69, 9.17) is 47.4 Å². The van der Waals surface area contributed by atoms with Gasteiger partial charge in [-0.1, -0.05) is 212 Å². The molecule has 2 aliphatic rings. The average Bonchev–Trinajstić information content (AvgIpc) is 3.44. The fourth-order valence-electron chi connectivity index (χ4n) is 8.97. The molecule has 11 nitrogen and oxygen atoms in total. The number of aliphatic hydroxyl groups is 1. The summed E-state index contributed by atoms with van der Waals surface area (Å²) in [5, 5.41) is 12.0. The van der Waals surface area contributed by atoms with Crippen molar-refractivity contribution in [3.8, 4) is 0 Å². The van der Waals surface area contributed by atoms with Crippen LogP contribution >= 0.6 is 0 Å². The molecule has 72 heavy (non-hydrogen) atoms. The Labute approximate surface area is 423 Å². The van der Waals surface area contributed by atoms with Crippen molar-refractivity contribution >= 4 is 0 Å². The Kier molecular flexibility index (Phi) is 19.3. The van der Waals surface area contributed by atoms with Crippen molar-refractivity contribution in [1.29, 1.82) is 0 Å². The van der Waals surface area contributed by atoms with Gasteiger partial charge in [-0.25, -0.2) is 0 Å². The number of benzene rings is 7.